The van der Waals surface area contributed by atoms with Gasteiger partial charge in [0, 0.05) is 7.05 Å². The van der Waals surface area contributed by atoms with Crippen molar-refractivity contribution in [3.8, 4) is 0 Å². The molecular formula is C13H13NO4. The quantitative estimate of drug-likeness (QED) is 0.892. The molecule has 1 aliphatic rings. The lowest BCUT2D eigenvalue weighted by Crippen LogP contribution is -2.17. The molecule has 5 heteroatoms. The molecule has 1 aromatic heterocycles. The number of rotatable bonds is 3. The van der Waals surface area contributed by atoms with Crippen molar-refractivity contribution in [3.05, 3.63) is 34.3 Å². The molecule has 0 atom stereocenters. The predicted molar refractivity (Wildman–Crippen MR) is 64.5 cm³/mol. The monoisotopic (exact) mass is 247 g/mol. The van der Waals surface area contributed by atoms with E-state index in [0.29, 0.717) is 12.0 Å². The molecule has 0 unspecified atom stereocenters. The first-order valence-electron chi connectivity index (χ1n) is 5.84. The summed E-state index contributed by atoms with van der Waals surface area (Å²) >= 11 is 0. The van der Waals surface area contributed by atoms with Crippen LogP contribution in [0.25, 0.3) is 11.1 Å². The van der Waals surface area contributed by atoms with E-state index in [-0.39, 0.29) is 0 Å². The van der Waals surface area contributed by atoms with E-state index in [9.17, 15) is 9.59 Å². The lowest BCUT2D eigenvalue weighted by atomic mass is 9.96. The minimum absolute atomic E-state index is 0.401. The van der Waals surface area contributed by atoms with E-state index in [1.54, 1.807) is 19.2 Å². The molecule has 0 radical (unpaired) electrons. The zero-order chi connectivity index (χ0) is 12.9. The fraction of sp³-hybridized carbons (Fsp3) is 0.385. The Bertz CT molecular complexity index is 691. The number of carboxylic acid groups (broad SMARTS) is 1. The van der Waals surface area contributed by atoms with Gasteiger partial charge in [-0.05, 0) is 37.0 Å². The Kier molecular flexibility index (Phi) is 2.14. The Hall–Kier alpha value is -2.04. The van der Waals surface area contributed by atoms with Gasteiger partial charge in [-0.1, -0.05) is 6.07 Å². The van der Waals surface area contributed by atoms with Gasteiger partial charge in [0.15, 0.2) is 5.58 Å². The minimum atomic E-state index is -0.739. The van der Waals surface area contributed by atoms with Gasteiger partial charge in [0.25, 0.3) is 0 Å². The zero-order valence-corrected chi connectivity index (χ0v) is 9.97. The van der Waals surface area contributed by atoms with Crippen molar-refractivity contribution in [1.82, 2.24) is 4.57 Å². The molecule has 3 rings (SSSR count). The van der Waals surface area contributed by atoms with E-state index < -0.39 is 17.1 Å². The number of aryl methyl sites for hydroxylation is 1. The van der Waals surface area contributed by atoms with Crippen LogP contribution in [0.3, 0.4) is 0 Å². The normalized spacial score (nSPS) is 16.9. The molecule has 1 aromatic carbocycles. The average molecular weight is 247 g/mol. The van der Waals surface area contributed by atoms with E-state index in [1.807, 2.05) is 6.07 Å². The number of benzene rings is 1. The van der Waals surface area contributed by atoms with Crippen LogP contribution in [0.5, 0.6) is 0 Å². The lowest BCUT2D eigenvalue weighted by Gasteiger charge is -2.09. The first kappa shape index (κ1) is 11.1. The van der Waals surface area contributed by atoms with Crippen LogP contribution < -0.4 is 5.76 Å². The third-order valence-electron chi connectivity index (χ3n) is 3.71. The summed E-state index contributed by atoms with van der Waals surface area (Å²) < 4.78 is 6.53. The van der Waals surface area contributed by atoms with Gasteiger partial charge in [0.05, 0.1) is 10.9 Å². The SMILES string of the molecule is Cn1c(=O)oc2cc(CC3(C(=O)O)CC3)ccc21. The summed E-state index contributed by atoms with van der Waals surface area (Å²) in [5.74, 6) is -1.14. The zero-order valence-electron chi connectivity index (χ0n) is 9.97. The largest absolute Gasteiger partial charge is 0.481 e. The average Bonchev–Trinajstić information content (AvgIpc) is 3.04. The standard InChI is InChI=1S/C13H13NO4/c1-14-9-3-2-8(6-10(9)18-12(14)17)7-13(4-5-13)11(15)16/h2-3,6H,4-5,7H2,1H3,(H,15,16). The van der Waals surface area contributed by atoms with Crippen molar-refractivity contribution in [3.63, 3.8) is 0 Å². The van der Waals surface area contributed by atoms with Gasteiger partial charge in [-0.3, -0.25) is 9.36 Å². The number of hydrogen-bond donors (Lipinski definition) is 1. The lowest BCUT2D eigenvalue weighted by molar-refractivity contribution is -0.143. The Morgan fingerprint density at radius 1 is 1.50 bits per heavy atom. The smallest absolute Gasteiger partial charge is 0.419 e. The minimum Gasteiger partial charge on any atom is -0.481 e. The van der Waals surface area contributed by atoms with E-state index in [0.717, 1.165) is 23.9 Å². The maximum Gasteiger partial charge on any atom is 0.419 e. The summed E-state index contributed by atoms with van der Waals surface area (Å²) in [6.45, 7) is 0. The summed E-state index contributed by atoms with van der Waals surface area (Å²) in [6, 6.07) is 5.42. The van der Waals surface area contributed by atoms with Crippen LogP contribution in [0.15, 0.2) is 27.4 Å². The molecule has 18 heavy (non-hydrogen) atoms. The number of fused-ring (bicyclic) bond motifs is 1. The van der Waals surface area contributed by atoms with Crippen LogP contribution >= 0.6 is 0 Å². The highest BCUT2D eigenvalue weighted by Gasteiger charge is 2.49. The van der Waals surface area contributed by atoms with Crippen molar-refractivity contribution < 1.29 is 14.3 Å². The Morgan fingerprint density at radius 3 is 2.83 bits per heavy atom. The fourth-order valence-corrected chi connectivity index (χ4v) is 2.30. The highest BCUT2D eigenvalue weighted by atomic mass is 16.4. The summed E-state index contributed by atoms with van der Waals surface area (Å²) in [5.41, 5.74) is 1.55. The van der Waals surface area contributed by atoms with Gasteiger partial charge in [-0.25, -0.2) is 4.79 Å². The number of aliphatic carboxylic acids is 1. The molecule has 1 heterocycles. The van der Waals surface area contributed by atoms with Crippen molar-refractivity contribution >= 4 is 17.1 Å². The first-order valence-corrected chi connectivity index (χ1v) is 5.84. The molecule has 0 bridgehead atoms. The summed E-state index contributed by atoms with van der Waals surface area (Å²) in [7, 11) is 1.65. The van der Waals surface area contributed by atoms with Gasteiger partial charge < -0.3 is 9.52 Å². The van der Waals surface area contributed by atoms with Crippen LogP contribution in [-0.2, 0) is 18.3 Å². The van der Waals surface area contributed by atoms with Gasteiger partial charge in [0.2, 0.25) is 0 Å². The molecule has 0 saturated heterocycles. The molecule has 0 amide bonds. The second-order valence-electron chi connectivity index (χ2n) is 4.99. The molecule has 2 aromatic rings. The third kappa shape index (κ3) is 1.54. The topological polar surface area (TPSA) is 72.4 Å². The molecule has 0 aliphatic heterocycles. The molecular weight excluding hydrogens is 234 g/mol. The number of carbonyl (C=O) groups is 1. The van der Waals surface area contributed by atoms with Crippen LogP contribution in [0.1, 0.15) is 18.4 Å². The predicted octanol–water partition coefficient (Wildman–Crippen LogP) is 1.54. The maximum absolute atomic E-state index is 11.4. The van der Waals surface area contributed by atoms with Crippen LogP contribution in [-0.4, -0.2) is 15.6 Å². The second kappa shape index (κ2) is 3.48. The summed E-state index contributed by atoms with van der Waals surface area (Å²) in [5, 5.41) is 9.15. The summed E-state index contributed by atoms with van der Waals surface area (Å²) in [4.78, 5) is 22.5. The highest BCUT2D eigenvalue weighted by Crippen LogP contribution is 2.48. The molecule has 0 spiro atoms. The van der Waals surface area contributed by atoms with Crippen LogP contribution in [0, 0.1) is 5.41 Å². The fourth-order valence-electron chi connectivity index (χ4n) is 2.30. The van der Waals surface area contributed by atoms with Crippen molar-refractivity contribution in [2.24, 2.45) is 12.5 Å². The Balaban J connectivity index is 1.99. The van der Waals surface area contributed by atoms with Crippen LogP contribution in [0.2, 0.25) is 0 Å². The molecule has 1 aliphatic carbocycles. The Morgan fingerprint density at radius 2 is 2.22 bits per heavy atom. The van der Waals surface area contributed by atoms with E-state index >= 15 is 0 Å². The molecule has 5 nitrogen and oxygen atoms in total. The number of oxazole rings is 1. The van der Waals surface area contributed by atoms with E-state index in [4.69, 9.17) is 9.52 Å². The molecule has 94 valence electrons. The van der Waals surface area contributed by atoms with Gasteiger partial charge in [0.1, 0.15) is 0 Å². The van der Waals surface area contributed by atoms with Crippen molar-refractivity contribution in [1.29, 1.82) is 0 Å². The van der Waals surface area contributed by atoms with Crippen molar-refractivity contribution in [2.75, 3.05) is 0 Å². The number of carboxylic acids is 1. The molecule has 1 saturated carbocycles. The third-order valence-corrected chi connectivity index (χ3v) is 3.71. The van der Waals surface area contributed by atoms with Gasteiger partial charge in [-0.2, -0.15) is 0 Å². The number of nitrogens with zero attached hydrogens (tertiary/aromatic N) is 1. The highest BCUT2D eigenvalue weighted by molar-refractivity contribution is 5.79. The second-order valence-corrected chi connectivity index (χ2v) is 4.99. The van der Waals surface area contributed by atoms with Crippen LogP contribution in [0.4, 0.5) is 0 Å². The molecule has 1 N–H and O–H groups in total. The summed E-state index contributed by atoms with van der Waals surface area (Å²) in [6.07, 6.45) is 1.94. The van der Waals surface area contributed by atoms with Gasteiger partial charge in [-0.15, -0.1) is 0 Å². The Labute approximate surface area is 103 Å². The van der Waals surface area contributed by atoms with Gasteiger partial charge >= 0.3 is 11.7 Å². The molecule has 1 fully saturated rings. The van der Waals surface area contributed by atoms with E-state index in [2.05, 4.69) is 0 Å². The van der Waals surface area contributed by atoms with Crippen molar-refractivity contribution in [2.45, 2.75) is 19.3 Å². The van der Waals surface area contributed by atoms with E-state index in [1.165, 1.54) is 4.57 Å². The number of aromatic nitrogens is 1. The number of hydrogen-bond acceptors (Lipinski definition) is 3. The maximum atomic E-state index is 11.4. The first-order chi connectivity index (χ1) is 8.52.